The molecule has 2 heteroatoms. The van der Waals surface area contributed by atoms with Crippen LogP contribution in [0.4, 0.5) is 4.39 Å². The van der Waals surface area contributed by atoms with Crippen molar-refractivity contribution in [2.75, 3.05) is 0 Å². The fourth-order valence-electron chi connectivity index (χ4n) is 0.476. The van der Waals surface area contributed by atoms with Gasteiger partial charge in [-0.1, -0.05) is 0 Å². The van der Waals surface area contributed by atoms with Crippen LogP contribution in [0.2, 0.25) is 0 Å². The summed E-state index contributed by atoms with van der Waals surface area (Å²) < 4.78 is 13.1. The summed E-state index contributed by atoms with van der Waals surface area (Å²) in [5, 5.41) is 0. The van der Waals surface area contributed by atoms with Crippen molar-refractivity contribution in [3.63, 3.8) is 0 Å². The van der Waals surface area contributed by atoms with Crippen molar-refractivity contribution in [3.8, 4) is 0 Å². The summed E-state index contributed by atoms with van der Waals surface area (Å²) >= 11 is 2.28. The molecule has 0 nitrogen and oxygen atoms in total. The molecule has 0 unspecified atom stereocenters. The molecule has 0 saturated heterocycles. The first kappa shape index (κ1) is 5.84. The Morgan fingerprint density at radius 3 is 2.50 bits per heavy atom. The molecule has 0 aromatic heterocycles. The molecular weight excluding hydrogens is 166 g/mol. The minimum absolute atomic E-state index is 0.178. The van der Waals surface area contributed by atoms with Crippen molar-refractivity contribution in [1.29, 1.82) is 0 Å². The van der Waals surface area contributed by atoms with Crippen LogP contribution in [0.5, 0.6) is 0 Å². The Labute approximate surface area is 56.2 Å². The molecule has 1 aromatic rings. The average molecular weight is 170 g/mol. The van der Waals surface area contributed by atoms with Gasteiger partial charge in [0.2, 0.25) is 0 Å². The van der Waals surface area contributed by atoms with E-state index in [4.69, 9.17) is 0 Å². The summed E-state index contributed by atoms with van der Waals surface area (Å²) in [4.78, 5) is 0. The summed E-state index contributed by atoms with van der Waals surface area (Å²) in [6.45, 7) is 0. The first-order chi connectivity index (χ1) is 3.79. The fourth-order valence-corrected chi connectivity index (χ4v) is 0.915. The monoisotopic (exact) mass is 170 g/mol. The molecule has 0 aliphatic carbocycles. The van der Waals surface area contributed by atoms with Gasteiger partial charge in [0.05, 0.1) is 0 Å². The van der Waals surface area contributed by atoms with Crippen LogP contribution in [0.1, 0.15) is 0 Å². The van der Waals surface area contributed by atoms with Gasteiger partial charge in [-0.2, -0.15) is 0 Å². The van der Waals surface area contributed by atoms with Gasteiger partial charge in [0.15, 0.2) is 0 Å². The Bertz CT molecular complexity index is 168. The van der Waals surface area contributed by atoms with Crippen molar-refractivity contribution in [3.05, 3.63) is 30.1 Å². The number of hydrogen-bond donors (Lipinski definition) is 0. The van der Waals surface area contributed by atoms with E-state index in [-0.39, 0.29) is 5.82 Å². The van der Waals surface area contributed by atoms with Gasteiger partial charge in [0.1, 0.15) is 0 Å². The summed E-state index contributed by atoms with van der Waals surface area (Å²) in [5.74, 6) is -0.178. The molecule has 2 radical (unpaired) electrons. The van der Waals surface area contributed by atoms with Crippen molar-refractivity contribution >= 4 is 21.2 Å². The van der Waals surface area contributed by atoms with Gasteiger partial charge in [-0.15, -0.1) is 0 Å². The van der Waals surface area contributed by atoms with Crippen molar-refractivity contribution < 1.29 is 4.39 Å². The standard InChI is InChI=1S/C6H4AsF/c7-5-2-1-3-6(8)4-5/h1-4H. The molecule has 0 bridgehead atoms. The summed E-state index contributed by atoms with van der Waals surface area (Å²) in [6.07, 6.45) is 0. The summed E-state index contributed by atoms with van der Waals surface area (Å²) in [7, 11) is 0. The summed E-state index contributed by atoms with van der Waals surface area (Å²) in [5.41, 5.74) is 0. The second-order valence-corrected chi connectivity index (χ2v) is 2.56. The van der Waals surface area contributed by atoms with Crippen LogP contribution in [-0.4, -0.2) is 16.9 Å². The second-order valence-electron chi connectivity index (χ2n) is 1.48. The minimum atomic E-state index is -0.178. The molecule has 0 aliphatic rings. The predicted molar refractivity (Wildman–Crippen MR) is 31.8 cm³/mol. The van der Waals surface area contributed by atoms with Gasteiger partial charge in [-0.25, -0.2) is 0 Å². The van der Waals surface area contributed by atoms with Crippen molar-refractivity contribution in [2.24, 2.45) is 0 Å². The Hall–Kier alpha value is -0.292. The molecule has 0 saturated carbocycles. The second kappa shape index (κ2) is 2.32. The molecule has 0 atom stereocenters. The molecule has 0 aliphatic heterocycles. The number of halogens is 1. The summed E-state index contributed by atoms with van der Waals surface area (Å²) in [6, 6.07) is 6.42. The Morgan fingerprint density at radius 1 is 1.38 bits per heavy atom. The van der Waals surface area contributed by atoms with Crippen LogP contribution in [0.15, 0.2) is 24.3 Å². The Morgan fingerprint density at radius 2 is 2.12 bits per heavy atom. The molecule has 0 spiro atoms. The predicted octanol–water partition coefficient (Wildman–Crippen LogP) is 0.620. The SMILES string of the molecule is Fc1cccc([As])c1. The fraction of sp³-hybridized carbons (Fsp3) is 0. The maximum atomic E-state index is 12.2. The van der Waals surface area contributed by atoms with Crippen molar-refractivity contribution in [2.45, 2.75) is 0 Å². The van der Waals surface area contributed by atoms with Crippen LogP contribution in [0.3, 0.4) is 0 Å². The Kier molecular flexibility index (Phi) is 1.69. The van der Waals surface area contributed by atoms with E-state index < -0.39 is 0 Å². The third-order valence-corrected chi connectivity index (χ3v) is 1.39. The van der Waals surface area contributed by atoms with E-state index in [0.29, 0.717) is 0 Å². The molecule has 0 amide bonds. The van der Waals surface area contributed by atoms with E-state index in [1.807, 2.05) is 6.07 Å². The molecule has 40 valence electrons. The third kappa shape index (κ3) is 1.34. The zero-order chi connectivity index (χ0) is 5.98. The van der Waals surface area contributed by atoms with Gasteiger partial charge in [0.25, 0.3) is 0 Å². The van der Waals surface area contributed by atoms with Crippen LogP contribution in [0, 0.1) is 5.82 Å². The van der Waals surface area contributed by atoms with E-state index in [1.54, 1.807) is 6.07 Å². The van der Waals surface area contributed by atoms with Gasteiger partial charge < -0.3 is 0 Å². The number of hydrogen-bond acceptors (Lipinski definition) is 0. The van der Waals surface area contributed by atoms with E-state index in [1.165, 1.54) is 12.1 Å². The van der Waals surface area contributed by atoms with Gasteiger partial charge in [-0.3, -0.25) is 0 Å². The zero-order valence-corrected chi connectivity index (χ0v) is 6.01. The van der Waals surface area contributed by atoms with Gasteiger partial charge in [0, 0.05) is 0 Å². The topological polar surface area (TPSA) is 0 Å². The van der Waals surface area contributed by atoms with E-state index in [2.05, 4.69) is 16.9 Å². The number of rotatable bonds is 0. The molecule has 1 aromatic carbocycles. The van der Waals surface area contributed by atoms with E-state index in [0.717, 1.165) is 4.35 Å². The van der Waals surface area contributed by atoms with Crippen LogP contribution in [-0.2, 0) is 0 Å². The number of benzene rings is 1. The van der Waals surface area contributed by atoms with E-state index in [9.17, 15) is 4.39 Å². The third-order valence-electron chi connectivity index (χ3n) is 0.808. The zero-order valence-electron chi connectivity index (χ0n) is 4.13. The molecular formula is C6H4AsF. The maximum absolute atomic E-state index is 12.2. The van der Waals surface area contributed by atoms with Crippen molar-refractivity contribution in [1.82, 2.24) is 0 Å². The molecule has 0 N–H and O–H groups in total. The molecule has 0 heterocycles. The van der Waals surface area contributed by atoms with Gasteiger partial charge in [-0.05, 0) is 0 Å². The van der Waals surface area contributed by atoms with Crippen LogP contribution < -0.4 is 4.35 Å². The Balaban J connectivity index is 3.08. The van der Waals surface area contributed by atoms with Crippen LogP contribution in [0.25, 0.3) is 0 Å². The normalized spacial score (nSPS) is 9.25. The molecule has 1 rings (SSSR count). The molecule has 0 fully saturated rings. The first-order valence-electron chi connectivity index (χ1n) is 2.23. The first-order valence-corrected chi connectivity index (χ1v) is 3.17. The average Bonchev–Trinajstić information content (AvgIpc) is 1.64. The molecule has 8 heavy (non-hydrogen) atoms. The van der Waals surface area contributed by atoms with Gasteiger partial charge >= 0.3 is 55.7 Å². The quantitative estimate of drug-likeness (QED) is 0.500. The van der Waals surface area contributed by atoms with Crippen LogP contribution >= 0.6 is 0 Å². The van der Waals surface area contributed by atoms with E-state index >= 15 is 0 Å².